The molecule has 3 N–H and O–H groups in total. The Morgan fingerprint density at radius 2 is 2.38 bits per heavy atom. The second-order valence-electron chi connectivity index (χ2n) is 5.11. The van der Waals surface area contributed by atoms with Gasteiger partial charge < -0.3 is 20.5 Å². The van der Waals surface area contributed by atoms with Gasteiger partial charge in [0, 0.05) is 18.7 Å². The topological polar surface area (TPSA) is 76.8 Å². The van der Waals surface area contributed by atoms with Crippen LogP contribution < -0.4 is 15.8 Å². The van der Waals surface area contributed by atoms with Gasteiger partial charge in [0.25, 0.3) is 0 Å². The fourth-order valence-electron chi connectivity index (χ4n) is 2.43. The second kappa shape index (κ2) is 7.28. The zero-order valence-corrected chi connectivity index (χ0v) is 12.6. The van der Waals surface area contributed by atoms with E-state index in [1.807, 2.05) is 0 Å². The van der Waals surface area contributed by atoms with E-state index in [-0.39, 0.29) is 5.91 Å². The zero-order valence-electron chi connectivity index (χ0n) is 12.6. The van der Waals surface area contributed by atoms with Crippen LogP contribution in [0.25, 0.3) is 0 Å². The number of carbonyl (C=O) groups is 1. The molecule has 1 fully saturated rings. The van der Waals surface area contributed by atoms with Crippen LogP contribution in [0.15, 0.2) is 18.2 Å². The normalized spacial score (nSPS) is 19.2. The fraction of sp³-hybridized carbons (Fsp3) is 0.533. The Morgan fingerprint density at radius 1 is 1.57 bits per heavy atom. The molecule has 1 aliphatic rings. The summed E-state index contributed by atoms with van der Waals surface area (Å²) in [6.07, 6.45) is 0.970. The minimum atomic E-state index is -0.0628. The van der Waals surface area contributed by atoms with Gasteiger partial charge in [0.1, 0.15) is 5.75 Å². The van der Waals surface area contributed by atoms with Gasteiger partial charge in [-0.3, -0.25) is 9.69 Å². The van der Waals surface area contributed by atoms with E-state index in [0.717, 1.165) is 13.0 Å². The molecule has 1 aliphatic heterocycles. The molecular weight excluding hydrogens is 270 g/mol. The summed E-state index contributed by atoms with van der Waals surface area (Å²) in [6.45, 7) is 4.60. The number of methoxy groups -OCH3 is 1. The fourth-order valence-corrected chi connectivity index (χ4v) is 2.43. The number of benzene rings is 1. The maximum atomic E-state index is 12.2. The quantitative estimate of drug-likeness (QED) is 0.801. The molecule has 1 aromatic rings. The van der Waals surface area contributed by atoms with Crippen molar-refractivity contribution in [1.29, 1.82) is 0 Å². The number of amides is 1. The summed E-state index contributed by atoms with van der Waals surface area (Å²) in [7, 11) is 1.58. The smallest absolute Gasteiger partial charge is 0.238 e. The van der Waals surface area contributed by atoms with E-state index in [2.05, 4.69) is 17.1 Å². The highest BCUT2D eigenvalue weighted by Crippen LogP contribution is 2.24. The molecule has 6 nitrogen and oxygen atoms in total. The third-order valence-electron chi connectivity index (χ3n) is 3.70. The molecule has 0 aliphatic carbocycles. The monoisotopic (exact) mass is 293 g/mol. The number of rotatable bonds is 5. The Hall–Kier alpha value is -1.79. The average molecular weight is 293 g/mol. The lowest BCUT2D eigenvalue weighted by Gasteiger charge is -2.34. The molecule has 0 spiro atoms. The molecule has 1 saturated heterocycles. The first-order valence-electron chi connectivity index (χ1n) is 7.19. The van der Waals surface area contributed by atoms with Crippen molar-refractivity contribution in [3.05, 3.63) is 18.2 Å². The molecule has 2 rings (SSSR count). The molecule has 0 saturated carbocycles. The van der Waals surface area contributed by atoms with Crippen LogP contribution in [0.3, 0.4) is 0 Å². The van der Waals surface area contributed by atoms with Gasteiger partial charge in [0.05, 0.1) is 38.2 Å². The van der Waals surface area contributed by atoms with E-state index in [1.54, 1.807) is 25.3 Å². The lowest BCUT2D eigenvalue weighted by atomic mass is 10.2. The Labute approximate surface area is 125 Å². The van der Waals surface area contributed by atoms with Gasteiger partial charge in [-0.15, -0.1) is 0 Å². The first-order valence-corrected chi connectivity index (χ1v) is 7.19. The predicted molar refractivity (Wildman–Crippen MR) is 82.5 cm³/mol. The minimum Gasteiger partial charge on any atom is -0.497 e. The SMILES string of the molecule is CCC1COCCN1CC(=O)Nc1ccc(OC)cc1N. The molecular formula is C15H23N3O3. The Bertz CT molecular complexity index is 493. The summed E-state index contributed by atoms with van der Waals surface area (Å²) in [4.78, 5) is 14.3. The van der Waals surface area contributed by atoms with Crippen LogP contribution in [0.2, 0.25) is 0 Å². The van der Waals surface area contributed by atoms with E-state index < -0.39 is 0 Å². The summed E-state index contributed by atoms with van der Waals surface area (Å²) in [6, 6.07) is 5.52. The van der Waals surface area contributed by atoms with Gasteiger partial charge >= 0.3 is 0 Å². The summed E-state index contributed by atoms with van der Waals surface area (Å²) in [5.41, 5.74) is 7.01. The van der Waals surface area contributed by atoms with Crippen LogP contribution in [0, 0.1) is 0 Å². The summed E-state index contributed by atoms with van der Waals surface area (Å²) >= 11 is 0. The number of nitrogens with one attached hydrogen (secondary N) is 1. The molecule has 21 heavy (non-hydrogen) atoms. The van der Waals surface area contributed by atoms with Crippen molar-refractivity contribution in [2.24, 2.45) is 0 Å². The molecule has 6 heteroatoms. The highest BCUT2D eigenvalue weighted by atomic mass is 16.5. The molecule has 1 aromatic carbocycles. The largest absolute Gasteiger partial charge is 0.497 e. The van der Waals surface area contributed by atoms with Gasteiger partial charge in [0.15, 0.2) is 0 Å². The first kappa shape index (κ1) is 15.6. The Morgan fingerprint density at radius 3 is 3.05 bits per heavy atom. The highest BCUT2D eigenvalue weighted by molar-refractivity contribution is 5.95. The Kier molecular flexibility index (Phi) is 5.41. The third-order valence-corrected chi connectivity index (χ3v) is 3.70. The number of nitrogens with zero attached hydrogens (tertiary/aromatic N) is 1. The van der Waals surface area contributed by atoms with Crippen LogP contribution in [-0.2, 0) is 9.53 Å². The van der Waals surface area contributed by atoms with Crippen LogP contribution in [-0.4, -0.2) is 50.3 Å². The summed E-state index contributed by atoms with van der Waals surface area (Å²) in [5, 5.41) is 2.85. The number of hydrogen-bond acceptors (Lipinski definition) is 5. The molecule has 0 aromatic heterocycles. The number of morpholine rings is 1. The Balaban J connectivity index is 1.95. The van der Waals surface area contributed by atoms with Crippen LogP contribution >= 0.6 is 0 Å². The van der Waals surface area contributed by atoms with Gasteiger partial charge in [0.2, 0.25) is 5.91 Å². The molecule has 1 heterocycles. The predicted octanol–water partition coefficient (Wildman–Crippen LogP) is 1.33. The van der Waals surface area contributed by atoms with Gasteiger partial charge in [-0.05, 0) is 18.6 Å². The standard InChI is InChI=1S/C15H23N3O3/c1-3-11-10-21-7-6-18(11)9-15(19)17-14-5-4-12(20-2)8-13(14)16/h4-5,8,11H,3,6-7,9-10,16H2,1-2H3,(H,17,19). The van der Waals surface area contributed by atoms with E-state index in [4.69, 9.17) is 15.2 Å². The average Bonchev–Trinajstić information content (AvgIpc) is 2.49. The summed E-state index contributed by atoms with van der Waals surface area (Å²) in [5.74, 6) is 0.608. The number of nitrogen functional groups attached to an aromatic ring is 1. The van der Waals surface area contributed by atoms with Crippen molar-refractivity contribution < 1.29 is 14.3 Å². The molecule has 1 atom stereocenters. The summed E-state index contributed by atoms with van der Waals surface area (Å²) < 4.78 is 10.5. The maximum absolute atomic E-state index is 12.2. The third kappa shape index (κ3) is 4.09. The highest BCUT2D eigenvalue weighted by Gasteiger charge is 2.23. The van der Waals surface area contributed by atoms with Gasteiger partial charge in [-0.1, -0.05) is 6.92 Å². The van der Waals surface area contributed by atoms with Gasteiger partial charge in [-0.25, -0.2) is 0 Å². The number of hydrogen-bond donors (Lipinski definition) is 2. The molecule has 1 unspecified atom stereocenters. The number of anilines is 2. The van der Waals surface area contributed by atoms with Crippen molar-refractivity contribution in [1.82, 2.24) is 4.90 Å². The molecule has 0 bridgehead atoms. The molecule has 116 valence electrons. The lowest BCUT2D eigenvalue weighted by Crippen LogP contribution is -2.48. The van der Waals surface area contributed by atoms with E-state index in [1.165, 1.54) is 0 Å². The molecule has 1 amide bonds. The van der Waals surface area contributed by atoms with Gasteiger partial charge in [-0.2, -0.15) is 0 Å². The maximum Gasteiger partial charge on any atom is 0.238 e. The number of nitrogens with two attached hydrogens (primary N) is 1. The number of carbonyl (C=O) groups excluding carboxylic acids is 1. The van der Waals surface area contributed by atoms with Crippen molar-refractivity contribution in [3.63, 3.8) is 0 Å². The first-order chi connectivity index (χ1) is 10.1. The van der Waals surface area contributed by atoms with Crippen LogP contribution in [0.1, 0.15) is 13.3 Å². The van der Waals surface area contributed by atoms with Crippen molar-refractivity contribution in [2.45, 2.75) is 19.4 Å². The number of ether oxygens (including phenoxy) is 2. The van der Waals surface area contributed by atoms with E-state index in [0.29, 0.717) is 42.9 Å². The van der Waals surface area contributed by atoms with Crippen molar-refractivity contribution >= 4 is 17.3 Å². The van der Waals surface area contributed by atoms with Crippen LogP contribution in [0.5, 0.6) is 5.75 Å². The second-order valence-corrected chi connectivity index (χ2v) is 5.11. The zero-order chi connectivity index (χ0) is 15.2. The lowest BCUT2D eigenvalue weighted by molar-refractivity contribution is -0.119. The van der Waals surface area contributed by atoms with Crippen molar-refractivity contribution in [2.75, 3.05) is 44.5 Å². The van der Waals surface area contributed by atoms with Crippen LogP contribution in [0.4, 0.5) is 11.4 Å². The van der Waals surface area contributed by atoms with Crippen molar-refractivity contribution in [3.8, 4) is 5.75 Å². The minimum absolute atomic E-state index is 0.0628. The van der Waals surface area contributed by atoms with E-state index >= 15 is 0 Å². The molecule has 0 radical (unpaired) electrons. The van der Waals surface area contributed by atoms with E-state index in [9.17, 15) is 4.79 Å².